The van der Waals surface area contributed by atoms with E-state index in [1.54, 1.807) is 0 Å². The summed E-state index contributed by atoms with van der Waals surface area (Å²) in [7, 11) is 0. The Balaban J connectivity index is 1.81. The monoisotopic (exact) mass is 273 g/mol. The third kappa shape index (κ3) is 3.80. The van der Waals surface area contributed by atoms with Crippen molar-refractivity contribution in [3.8, 4) is 6.07 Å². The smallest absolute Gasteiger partial charge is 0.0976 e. The van der Waals surface area contributed by atoms with Gasteiger partial charge in [0.1, 0.15) is 0 Å². The minimum Gasteiger partial charge on any atom is -0.387 e. The van der Waals surface area contributed by atoms with Crippen LogP contribution in [0.3, 0.4) is 0 Å². The van der Waals surface area contributed by atoms with Gasteiger partial charge in [0.15, 0.2) is 0 Å². The van der Waals surface area contributed by atoms with Crippen molar-refractivity contribution < 1.29 is 5.11 Å². The summed E-state index contributed by atoms with van der Waals surface area (Å²) in [5, 5.41) is 19.3. The van der Waals surface area contributed by atoms with E-state index in [9.17, 15) is 5.11 Å². The van der Waals surface area contributed by atoms with Crippen LogP contribution < -0.4 is 0 Å². The normalized spacial score (nSPS) is 20.2. The number of β-amino-alcohol motifs (C(OH)–C–C–N with tert-alkyl or cyclic N) is 1. The Hall–Kier alpha value is -1.41. The molecule has 0 aliphatic carbocycles. The molecule has 1 saturated heterocycles. The number of aliphatic hydroxyl groups is 1. The zero-order chi connectivity index (χ0) is 14.4. The molecule has 1 aliphatic rings. The molecule has 0 aromatic heterocycles. The summed E-state index contributed by atoms with van der Waals surface area (Å²) in [4.78, 5) is 4.52. The summed E-state index contributed by atoms with van der Waals surface area (Å²) in [5.74, 6) is 0. The number of hydrogen-bond acceptors (Lipinski definition) is 4. The summed E-state index contributed by atoms with van der Waals surface area (Å²) in [6.45, 7) is 6.38. The van der Waals surface area contributed by atoms with Crippen molar-refractivity contribution in [2.75, 3.05) is 32.7 Å². The van der Waals surface area contributed by atoms with Crippen LogP contribution in [0.15, 0.2) is 30.3 Å². The lowest BCUT2D eigenvalue weighted by Gasteiger charge is -2.37. The first-order valence-electron chi connectivity index (χ1n) is 7.33. The quantitative estimate of drug-likeness (QED) is 0.886. The number of aliphatic hydroxyl groups excluding tert-OH is 1. The molecule has 0 amide bonds. The lowest BCUT2D eigenvalue weighted by Crippen LogP contribution is -2.50. The maximum Gasteiger partial charge on any atom is 0.0976 e. The SMILES string of the molecule is CCC(C#N)N1CCN(CC(O)c2ccccc2)CC1. The lowest BCUT2D eigenvalue weighted by atomic mass is 10.1. The molecular formula is C16H23N3O. The summed E-state index contributed by atoms with van der Waals surface area (Å²) >= 11 is 0. The number of piperazine rings is 1. The van der Waals surface area contributed by atoms with Crippen molar-refractivity contribution in [2.45, 2.75) is 25.5 Å². The number of nitrogens with zero attached hydrogens (tertiary/aromatic N) is 3. The second kappa shape index (κ2) is 7.39. The van der Waals surface area contributed by atoms with E-state index >= 15 is 0 Å². The molecule has 0 radical (unpaired) electrons. The Morgan fingerprint density at radius 1 is 1.20 bits per heavy atom. The summed E-state index contributed by atoms with van der Waals surface area (Å²) in [6.07, 6.45) is 0.448. The molecule has 1 fully saturated rings. The van der Waals surface area contributed by atoms with Crippen molar-refractivity contribution in [1.29, 1.82) is 5.26 Å². The van der Waals surface area contributed by atoms with Crippen LogP contribution in [-0.2, 0) is 0 Å². The molecule has 4 nitrogen and oxygen atoms in total. The first-order chi connectivity index (χ1) is 9.74. The van der Waals surface area contributed by atoms with Gasteiger partial charge in [-0.05, 0) is 12.0 Å². The van der Waals surface area contributed by atoms with Gasteiger partial charge in [-0.2, -0.15) is 5.26 Å². The van der Waals surface area contributed by atoms with E-state index in [-0.39, 0.29) is 6.04 Å². The van der Waals surface area contributed by atoms with Crippen LogP contribution in [0.4, 0.5) is 0 Å². The Labute approximate surface area is 121 Å². The molecule has 1 aromatic carbocycles. The third-order valence-electron chi connectivity index (χ3n) is 4.00. The molecule has 108 valence electrons. The molecular weight excluding hydrogens is 250 g/mol. The van der Waals surface area contributed by atoms with E-state index in [2.05, 4.69) is 22.8 Å². The summed E-state index contributed by atoms with van der Waals surface area (Å²) in [5.41, 5.74) is 0.971. The Kier molecular flexibility index (Phi) is 5.54. The van der Waals surface area contributed by atoms with Gasteiger partial charge < -0.3 is 5.11 Å². The molecule has 2 atom stereocenters. The highest BCUT2D eigenvalue weighted by molar-refractivity contribution is 5.17. The largest absolute Gasteiger partial charge is 0.387 e. The fourth-order valence-electron chi connectivity index (χ4n) is 2.71. The Bertz CT molecular complexity index is 435. The highest BCUT2D eigenvalue weighted by atomic mass is 16.3. The third-order valence-corrected chi connectivity index (χ3v) is 4.00. The van der Waals surface area contributed by atoms with Crippen LogP contribution in [-0.4, -0.2) is 53.7 Å². The predicted octanol–water partition coefficient (Wildman–Crippen LogP) is 1.64. The zero-order valence-electron chi connectivity index (χ0n) is 12.1. The minimum atomic E-state index is -0.430. The molecule has 1 aromatic rings. The fraction of sp³-hybridized carbons (Fsp3) is 0.562. The van der Waals surface area contributed by atoms with E-state index in [4.69, 9.17) is 5.26 Å². The van der Waals surface area contributed by atoms with E-state index in [0.717, 1.165) is 38.2 Å². The van der Waals surface area contributed by atoms with Crippen LogP contribution in [0, 0.1) is 11.3 Å². The number of hydrogen-bond donors (Lipinski definition) is 1. The predicted molar refractivity (Wildman–Crippen MR) is 79.1 cm³/mol. The molecule has 20 heavy (non-hydrogen) atoms. The molecule has 1 heterocycles. The molecule has 2 unspecified atom stereocenters. The van der Waals surface area contributed by atoms with E-state index in [1.165, 1.54) is 0 Å². The maximum atomic E-state index is 10.2. The average molecular weight is 273 g/mol. The summed E-state index contributed by atoms with van der Waals surface area (Å²) < 4.78 is 0. The Morgan fingerprint density at radius 2 is 1.85 bits per heavy atom. The zero-order valence-corrected chi connectivity index (χ0v) is 12.1. The molecule has 1 N–H and O–H groups in total. The van der Waals surface area contributed by atoms with Gasteiger partial charge in [-0.15, -0.1) is 0 Å². The molecule has 0 spiro atoms. The van der Waals surface area contributed by atoms with Crippen molar-refractivity contribution in [3.05, 3.63) is 35.9 Å². The van der Waals surface area contributed by atoms with Gasteiger partial charge in [-0.1, -0.05) is 37.3 Å². The molecule has 4 heteroatoms. The van der Waals surface area contributed by atoms with Gasteiger partial charge in [0.25, 0.3) is 0 Å². The van der Waals surface area contributed by atoms with Crippen LogP contribution in [0.2, 0.25) is 0 Å². The van der Waals surface area contributed by atoms with Gasteiger partial charge in [0, 0.05) is 32.7 Å². The first-order valence-corrected chi connectivity index (χ1v) is 7.33. The first kappa shape index (κ1) is 15.0. The topological polar surface area (TPSA) is 50.5 Å². The second-order valence-corrected chi connectivity index (χ2v) is 5.32. The molecule has 0 bridgehead atoms. The fourth-order valence-corrected chi connectivity index (χ4v) is 2.71. The van der Waals surface area contributed by atoms with Gasteiger partial charge >= 0.3 is 0 Å². The van der Waals surface area contributed by atoms with E-state index < -0.39 is 6.10 Å². The van der Waals surface area contributed by atoms with Crippen LogP contribution in [0.1, 0.15) is 25.0 Å². The van der Waals surface area contributed by atoms with E-state index in [1.807, 2.05) is 30.3 Å². The highest BCUT2D eigenvalue weighted by Crippen LogP contribution is 2.16. The standard InChI is InChI=1S/C16H23N3O/c1-2-15(12-17)19-10-8-18(9-11-19)13-16(20)14-6-4-3-5-7-14/h3-7,15-16,20H,2,8-11,13H2,1H3. The van der Waals surface area contributed by atoms with Gasteiger partial charge in [-0.25, -0.2) is 0 Å². The maximum absolute atomic E-state index is 10.2. The van der Waals surface area contributed by atoms with Crippen molar-refractivity contribution in [1.82, 2.24) is 9.80 Å². The van der Waals surface area contributed by atoms with Gasteiger partial charge in [0.05, 0.1) is 18.2 Å². The highest BCUT2D eigenvalue weighted by Gasteiger charge is 2.23. The molecule has 2 rings (SSSR count). The van der Waals surface area contributed by atoms with Crippen molar-refractivity contribution in [2.24, 2.45) is 0 Å². The average Bonchev–Trinajstić information content (AvgIpc) is 2.51. The number of rotatable bonds is 5. The number of nitriles is 1. The molecule has 0 saturated carbocycles. The summed E-state index contributed by atoms with van der Waals surface area (Å²) in [6, 6.07) is 12.2. The Morgan fingerprint density at radius 3 is 2.40 bits per heavy atom. The van der Waals surface area contributed by atoms with E-state index in [0.29, 0.717) is 6.54 Å². The van der Waals surface area contributed by atoms with Crippen LogP contribution in [0.25, 0.3) is 0 Å². The van der Waals surface area contributed by atoms with Crippen LogP contribution >= 0.6 is 0 Å². The lowest BCUT2D eigenvalue weighted by molar-refractivity contribution is 0.0640. The van der Waals surface area contributed by atoms with Crippen LogP contribution in [0.5, 0.6) is 0 Å². The second-order valence-electron chi connectivity index (χ2n) is 5.32. The van der Waals surface area contributed by atoms with Gasteiger partial charge in [0.2, 0.25) is 0 Å². The van der Waals surface area contributed by atoms with Crippen molar-refractivity contribution >= 4 is 0 Å². The number of benzene rings is 1. The van der Waals surface area contributed by atoms with Gasteiger partial charge in [-0.3, -0.25) is 9.80 Å². The molecule has 1 aliphatic heterocycles. The minimum absolute atomic E-state index is 0.0381. The van der Waals surface area contributed by atoms with Crippen molar-refractivity contribution in [3.63, 3.8) is 0 Å².